The molecule has 0 saturated carbocycles. The lowest BCUT2D eigenvalue weighted by atomic mass is 9.89. The number of carbonyl (C=O) groups is 2. The van der Waals surface area contributed by atoms with Crippen LogP contribution in [0.5, 0.6) is 0 Å². The van der Waals surface area contributed by atoms with Gasteiger partial charge in [-0.05, 0) is 49.7 Å². The Bertz CT molecular complexity index is 678. The van der Waals surface area contributed by atoms with Gasteiger partial charge in [0.1, 0.15) is 6.61 Å². The number of ether oxygens (including phenoxy) is 1. The summed E-state index contributed by atoms with van der Waals surface area (Å²) in [5.41, 5.74) is 1.93. The zero-order valence-electron chi connectivity index (χ0n) is 22.2. The van der Waals surface area contributed by atoms with Gasteiger partial charge < -0.3 is 37.5 Å². The molecule has 1 rings (SSSR count). The van der Waals surface area contributed by atoms with Gasteiger partial charge in [0, 0.05) is 13.0 Å². The highest BCUT2D eigenvalue weighted by Crippen LogP contribution is 2.19. The first-order chi connectivity index (χ1) is 16.5. The molecule has 1 atom stereocenters. The smallest absolute Gasteiger partial charge is 0.246 e. The van der Waals surface area contributed by atoms with E-state index in [4.69, 9.17) is 4.74 Å². The van der Waals surface area contributed by atoms with Gasteiger partial charge in [-0.2, -0.15) is 0 Å². The SMILES string of the molecule is CCCCCCCCc1ccc(CCC(CC)(CO)NC(=O)COCCNC(=O)CCC)cc1.[Br-]. The number of nitrogens with one attached hydrogen (secondary N) is 2. The number of rotatable bonds is 20. The van der Waals surface area contributed by atoms with Gasteiger partial charge in [-0.15, -0.1) is 0 Å². The molecule has 0 radical (unpaired) electrons. The Labute approximate surface area is 223 Å². The van der Waals surface area contributed by atoms with Crippen LogP contribution in [0.4, 0.5) is 0 Å². The fourth-order valence-electron chi connectivity index (χ4n) is 4.00. The van der Waals surface area contributed by atoms with Crippen LogP contribution in [0, 0.1) is 0 Å². The Morgan fingerprint density at radius 1 is 0.886 bits per heavy atom. The number of benzene rings is 1. The van der Waals surface area contributed by atoms with Gasteiger partial charge in [-0.1, -0.05) is 77.1 Å². The highest BCUT2D eigenvalue weighted by molar-refractivity contribution is 5.78. The van der Waals surface area contributed by atoms with Crippen molar-refractivity contribution in [2.75, 3.05) is 26.4 Å². The number of unbranched alkanes of at least 4 members (excludes halogenated alkanes) is 5. The largest absolute Gasteiger partial charge is 1.00 e. The van der Waals surface area contributed by atoms with Gasteiger partial charge >= 0.3 is 0 Å². The average molecular weight is 557 g/mol. The Kier molecular flexibility index (Phi) is 19.9. The molecule has 1 aromatic rings. The topological polar surface area (TPSA) is 87.7 Å². The first-order valence-corrected chi connectivity index (χ1v) is 13.3. The first kappa shape index (κ1) is 33.6. The predicted octanol–water partition coefficient (Wildman–Crippen LogP) is 1.72. The summed E-state index contributed by atoms with van der Waals surface area (Å²) in [5.74, 6) is -0.249. The molecule has 0 fully saturated rings. The van der Waals surface area contributed by atoms with Crippen LogP contribution < -0.4 is 27.6 Å². The van der Waals surface area contributed by atoms with Crippen LogP contribution in [0.3, 0.4) is 0 Å². The molecule has 2 amide bonds. The van der Waals surface area contributed by atoms with Gasteiger partial charge in [-0.25, -0.2) is 0 Å². The number of amides is 2. The van der Waals surface area contributed by atoms with E-state index in [9.17, 15) is 14.7 Å². The third kappa shape index (κ3) is 15.3. The normalized spacial score (nSPS) is 12.5. The summed E-state index contributed by atoms with van der Waals surface area (Å²) in [7, 11) is 0. The molecule has 1 unspecified atom stereocenters. The van der Waals surface area contributed by atoms with Crippen LogP contribution in [-0.4, -0.2) is 48.8 Å². The molecule has 0 saturated heterocycles. The Balaban J connectivity index is 0.0000116. The van der Waals surface area contributed by atoms with Crippen molar-refractivity contribution in [2.24, 2.45) is 0 Å². The van der Waals surface area contributed by atoms with E-state index in [1.54, 1.807) is 0 Å². The molecule has 7 heteroatoms. The molecule has 0 aliphatic rings. The molecule has 1 aromatic carbocycles. The summed E-state index contributed by atoms with van der Waals surface area (Å²) in [5, 5.41) is 15.8. The van der Waals surface area contributed by atoms with Crippen molar-refractivity contribution in [1.29, 1.82) is 0 Å². The van der Waals surface area contributed by atoms with Crippen molar-refractivity contribution in [1.82, 2.24) is 10.6 Å². The summed E-state index contributed by atoms with van der Waals surface area (Å²) in [6.07, 6.45) is 12.4. The summed E-state index contributed by atoms with van der Waals surface area (Å²) >= 11 is 0. The number of carbonyl (C=O) groups excluding carboxylic acids is 2. The van der Waals surface area contributed by atoms with E-state index >= 15 is 0 Å². The molecular formula is C28H48BrN2O4-. The lowest BCUT2D eigenvalue weighted by Crippen LogP contribution is -3.00. The van der Waals surface area contributed by atoms with Crippen molar-refractivity contribution >= 4 is 11.8 Å². The van der Waals surface area contributed by atoms with Crippen molar-refractivity contribution in [3.63, 3.8) is 0 Å². The molecule has 0 aliphatic carbocycles. The van der Waals surface area contributed by atoms with Gasteiger partial charge in [0.05, 0.1) is 18.8 Å². The van der Waals surface area contributed by atoms with E-state index in [-0.39, 0.29) is 48.6 Å². The Morgan fingerprint density at radius 2 is 1.51 bits per heavy atom. The summed E-state index contributed by atoms with van der Waals surface area (Å²) in [6, 6.07) is 8.75. The van der Waals surface area contributed by atoms with Crippen LogP contribution in [-0.2, 0) is 27.2 Å². The molecule has 35 heavy (non-hydrogen) atoms. The van der Waals surface area contributed by atoms with Crippen LogP contribution in [0.15, 0.2) is 24.3 Å². The van der Waals surface area contributed by atoms with Crippen molar-refractivity contribution in [3.8, 4) is 0 Å². The number of hydrogen-bond donors (Lipinski definition) is 3. The molecule has 6 nitrogen and oxygen atoms in total. The molecule has 0 heterocycles. The maximum Gasteiger partial charge on any atom is 0.246 e. The standard InChI is InChI=1S/C28H48N2O4.BrH/c1-4-7-8-9-10-11-13-24-14-16-25(17-15-24)18-19-28(6-3,23-31)30-27(33)22-34-21-20-29-26(32)12-5-2;/h14-17,31H,4-13,18-23H2,1-3H3,(H,29,32)(H,30,33);1H/p-1. The minimum Gasteiger partial charge on any atom is -1.00 e. The van der Waals surface area contributed by atoms with E-state index in [0.717, 1.165) is 19.3 Å². The second-order valence-corrected chi connectivity index (χ2v) is 9.33. The van der Waals surface area contributed by atoms with Gasteiger partial charge in [0.15, 0.2) is 0 Å². The third-order valence-corrected chi connectivity index (χ3v) is 6.40. The van der Waals surface area contributed by atoms with Gasteiger partial charge in [0.25, 0.3) is 0 Å². The van der Waals surface area contributed by atoms with Crippen molar-refractivity contribution in [2.45, 2.75) is 103 Å². The van der Waals surface area contributed by atoms with Crippen molar-refractivity contribution < 1.29 is 36.4 Å². The lowest BCUT2D eigenvalue weighted by molar-refractivity contribution is -0.128. The molecule has 0 aromatic heterocycles. The van der Waals surface area contributed by atoms with Crippen LogP contribution in [0.25, 0.3) is 0 Å². The van der Waals surface area contributed by atoms with Crippen molar-refractivity contribution in [3.05, 3.63) is 35.4 Å². The van der Waals surface area contributed by atoms with E-state index in [1.807, 2.05) is 13.8 Å². The minimum atomic E-state index is -0.660. The van der Waals surface area contributed by atoms with E-state index in [2.05, 4.69) is 41.8 Å². The zero-order valence-corrected chi connectivity index (χ0v) is 23.8. The van der Waals surface area contributed by atoms with E-state index in [0.29, 0.717) is 25.8 Å². The number of aliphatic hydroxyl groups is 1. The second-order valence-electron chi connectivity index (χ2n) is 9.33. The minimum absolute atomic E-state index is 0. The quantitative estimate of drug-likeness (QED) is 0.214. The Morgan fingerprint density at radius 3 is 2.11 bits per heavy atom. The Hall–Kier alpha value is -1.44. The molecule has 0 aliphatic heterocycles. The average Bonchev–Trinajstić information content (AvgIpc) is 2.84. The fraction of sp³-hybridized carbons (Fsp3) is 0.714. The predicted molar refractivity (Wildman–Crippen MR) is 139 cm³/mol. The molecule has 202 valence electrons. The third-order valence-electron chi connectivity index (χ3n) is 6.40. The van der Waals surface area contributed by atoms with Gasteiger partial charge in [0.2, 0.25) is 11.8 Å². The first-order valence-electron chi connectivity index (χ1n) is 13.3. The maximum absolute atomic E-state index is 12.4. The summed E-state index contributed by atoms with van der Waals surface area (Å²) in [6.45, 7) is 6.65. The van der Waals surface area contributed by atoms with E-state index in [1.165, 1.54) is 49.7 Å². The maximum atomic E-state index is 12.4. The summed E-state index contributed by atoms with van der Waals surface area (Å²) < 4.78 is 5.39. The monoisotopic (exact) mass is 555 g/mol. The zero-order chi connectivity index (χ0) is 25.1. The fourth-order valence-corrected chi connectivity index (χ4v) is 4.00. The molecule has 0 bridgehead atoms. The lowest BCUT2D eigenvalue weighted by Gasteiger charge is -2.32. The number of aryl methyl sites for hydroxylation is 2. The van der Waals surface area contributed by atoms with Gasteiger partial charge in [-0.3, -0.25) is 9.59 Å². The van der Waals surface area contributed by atoms with Crippen LogP contribution in [0.2, 0.25) is 0 Å². The number of aliphatic hydroxyl groups excluding tert-OH is 1. The highest BCUT2D eigenvalue weighted by Gasteiger charge is 2.29. The van der Waals surface area contributed by atoms with E-state index < -0.39 is 5.54 Å². The summed E-state index contributed by atoms with van der Waals surface area (Å²) in [4.78, 5) is 23.8. The molecule has 0 spiro atoms. The molecular weight excluding hydrogens is 508 g/mol. The second kappa shape index (κ2) is 20.7. The van der Waals surface area contributed by atoms with Crippen LogP contribution in [0.1, 0.15) is 96.1 Å². The highest BCUT2D eigenvalue weighted by atomic mass is 79.9. The molecule has 3 N–H and O–H groups in total. The number of hydrogen-bond acceptors (Lipinski definition) is 4. The number of halogens is 1. The van der Waals surface area contributed by atoms with Crippen LogP contribution >= 0.6 is 0 Å².